The molecule has 2 aromatic rings. The van der Waals surface area contributed by atoms with Gasteiger partial charge in [-0.2, -0.15) is 0 Å². The van der Waals surface area contributed by atoms with Crippen molar-refractivity contribution in [2.45, 2.75) is 23.4 Å². The Morgan fingerprint density at radius 3 is 2.76 bits per heavy atom. The van der Waals surface area contributed by atoms with Gasteiger partial charge >= 0.3 is 5.97 Å². The lowest BCUT2D eigenvalue weighted by atomic mass is 10.2. The summed E-state index contributed by atoms with van der Waals surface area (Å²) in [4.78, 5) is 30.2. The highest BCUT2D eigenvalue weighted by Crippen LogP contribution is 2.31. The number of esters is 1. The first-order valence-corrected chi connectivity index (χ1v) is 11.2. The van der Waals surface area contributed by atoms with E-state index in [1.54, 1.807) is 32.0 Å². The van der Waals surface area contributed by atoms with Crippen LogP contribution in [0.25, 0.3) is 10.2 Å². The van der Waals surface area contributed by atoms with E-state index in [1.807, 2.05) is 0 Å². The molecule has 29 heavy (non-hydrogen) atoms. The molecular weight excluding hydrogens is 418 g/mol. The van der Waals surface area contributed by atoms with Crippen molar-refractivity contribution in [3.8, 4) is 0 Å². The van der Waals surface area contributed by atoms with E-state index in [0.29, 0.717) is 15.9 Å². The average Bonchev–Trinajstić information content (AvgIpc) is 3.24. The molecule has 156 valence electrons. The van der Waals surface area contributed by atoms with Gasteiger partial charge in [0.25, 0.3) is 5.91 Å². The van der Waals surface area contributed by atoms with Gasteiger partial charge in [-0.25, -0.2) is 18.2 Å². The number of amides is 1. The molecule has 1 aromatic heterocycles. The lowest BCUT2D eigenvalue weighted by Gasteiger charge is -2.15. The fourth-order valence-corrected chi connectivity index (χ4v) is 5.47. The third-order valence-corrected chi connectivity index (χ3v) is 8.03. The molecule has 3 rings (SSSR count). The second kappa shape index (κ2) is 8.09. The number of hydrogen-bond acceptors (Lipinski definition) is 9. The number of anilines is 1. The van der Waals surface area contributed by atoms with Gasteiger partial charge in [0, 0.05) is 12.2 Å². The zero-order chi connectivity index (χ0) is 21.3. The number of benzene rings is 1. The van der Waals surface area contributed by atoms with Crippen LogP contribution in [-0.2, 0) is 24.2 Å². The number of sulfone groups is 1. The molecule has 2 heterocycles. The third-order valence-electron chi connectivity index (χ3n) is 4.46. The van der Waals surface area contributed by atoms with Crippen LogP contribution in [0.4, 0.5) is 5.69 Å². The van der Waals surface area contributed by atoms with E-state index in [1.165, 1.54) is 12.0 Å². The predicted octanol–water partition coefficient (Wildman–Crippen LogP) is 1.15. The van der Waals surface area contributed by atoms with E-state index in [9.17, 15) is 18.0 Å². The van der Waals surface area contributed by atoms with Crippen molar-refractivity contribution < 1.29 is 27.9 Å². The number of methoxy groups -OCH3 is 1. The molecule has 0 saturated heterocycles. The van der Waals surface area contributed by atoms with Crippen molar-refractivity contribution in [3.05, 3.63) is 29.5 Å². The first-order valence-electron chi connectivity index (χ1n) is 8.82. The zero-order valence-electron chi connectivity index (χ0n) is 16.1. The molecule has 0 spiro atoms. The number of aliphatic hydroxyl groups is 1. The highest BCUT2D eigenvalue weighted by molar-refractivity contribution is 7.94. The Balaban J connectivity index is 1.96. The molecular formula is C18H21N3O6S2. The number of fused-ring (bicyclic) bond motifs is 1. The van der Waals surface area contributed by atoms with Crippen LogP contribution in [-0.4, -0.2) is 67.3 Å². The molecule has 0 bridgehead atoms. The van der Waals surface area contributed by atoms with Crippen LogP contribution >= 0.6 is 11.3 Å². The molecule has 1 aliphatic heterocycles. The minimum Gasteiger partial charge on any atom is -0.466 e. The summed E-state index contributed by atoms with van der Waals surface area (Å²) < 4.78 is 30.2. The molecule has 0 atom stereocenters. The number of thiazole rings is 1. The molecule has 1 aromatic carbocycles. The summed E-state index contributed by atoms with van der Waals surface area (Å²) in [6.45, 7) is 3.09. The van der Waals surface area contributed by atoms with Gasteiger partial charge in [-0.15, -0.1) is 11.3 Å². The summed E-state index contributed by atoms with van der Waals surface area (Å²) in [5, 5.41) is 11.5. The van der Waals surface area contributed by atoms with Crippen molar-refractivity contribution in [1.29, 1.82) is 0 Å². The second-order valence-corrected chi connectivity index (χ2v) is 10.4. The van der Waals surface area contributed by atoms with Gasteiger partial charge < -0.3 is 20.1 Å². The smallest absolute Gasteiger partial charge is 0.337 e. The molecule has 0 unspecified atom stereocenters. The molecule has 2 N–H and O–H groups in total. The van der Waals surface area contributed by atoms with Crippen LogP contribution in [0, 0.1) is 0 Å². The maximum absolute atomic E-state index is 12.6. The fraction of sp³-hybridized carbons (Fsp3) is 0.389. The SMILES string of the molecule is COC(=O)C1=C(Nc2ccc3nc(S(=O)(=O)C(C)C)sc3c2)C(=O)N(CCO)C1. The number of nitrogens with one attached hydrogen (secondary N) is 1. The Labute approximate surface area is 171 Å². The topological polar surface area (TPSA) is 126 Å². The van der Waals surface area contributed by atoms with Gasteiger partial charge in [-0.3, -0.25) is 4.79 Å². The lowest BCUT2D eigenvalue weighted by Crippen LogP contribution is -2.31. The Morgan fingerprint density at radius 1 is 1.41 bits per heavy atom. The summed E-state index contributed by atoms with van der Waals surface area (Å²) in [7, 11) is -2.26. The van der Waals surface area contributed by atoms with E-state index in [2.05, 4.69) is 10.3 Å². The first kappa shape index (κ1) is 21.2. The van der Waals surface area contributed by atoms with Crippen LogP contribution in [0.1, 0.15) is 13.8 Å². The van der Waals surface area contributed by atoms with Crippen molar-refractivity contribution in [3.63, 3.8) is 0 Å². The van der Waals surface area contributed by atoms with Gasteiger partial charge in [0.15, 0.2) is 0 Å². The molecule has 0 radical (unpaired) electrons. The van der Waals surface area contributed by atoms with Crippen molar-refractivity contribution in [1.82, 2.24) is 9.88 Å². The van der Waals surface area contributed by atoms with Crippen LogP contribution < -0.4 is 5.32 Å². The minimum absolute atomic E-state index is 0.0357. The maximum atomic E-state index is 12.6. The molecule has 0 fully saturated rings. The number of β-amino-alcohol motifs (C(OH)–C–C–N with tert-alkyl or cyclic N) is 1. The third kappa shape index (κ3) is 3.98. The Morgan fingerprint density at radius 2 is 2.14 bits per heavy atom. The average molecular weight is 440 g/mol. The normalized spacial score (nSPS) is 14.9. The number of rotatable bonds is 7. The Bertz CT molecular complexity index is 1100. The van der Waals surface area contributed by atoms with Gasteiger partial charge in [0.1, 0.15) is 5.70 Å². The Hall–Kier alpha value is -2.50. The first-order chi connectivity index (χ1) is 13.7. The number of aliphatic hydroxyl groups excluding tert-OH is 1. The fourth-order valence-electron chi connectivity index (χ4n) is 2.80. The summed E-state index contributed by atoms with van der Waals surface area (Å²) in [6.07, 6.45) is 0. The summed E-state index contributed by atoms with van der Waals surface area (Å²) in [5.74, 6) is -1.06. The van der Waals surface area contributed by atoms with Gasteiger partial charge in [0.2, 0.25) is 14.2 Å². The number of ether oxygens (including phenoxy) is 1. The van der Waals surface area contributed by atoms with Crippen LogP contribution in [0.3, 0.4) is 0 Å². The minimum atomic E-state index is -3.49. The summed E-state index contributed by atoms with van der Waals surface area (Å²) in [5.41, 5.74) is 1.27. The summed E-state index contributed by atoms with van der Waals surface area (Å²) in [6, 6.07) is 4.98. The van der Waals surface area contributed by atoms with Crippen LogP contribution in [0.15, 0.2) is 33.8 Å². The Kier molecular flexibility index (Phi) is 5.92. The molecule has 0 aliphatic carbocycles. The number of carbonyl (C=O) groups is 2. The van der Waals surface area contributed by atoms with Crippen LogP contribution in [0.5, 0.6) is 0 Å². The van der Waals surface area contributed by atoms with E-state index in [-0.39, 0.29) is 35.3 Å². The standard InChI is InChI=1S/C18H21N3O6S2/c1-10(2)29(25,26)18-20-13-5-4-11(8-14(13)28-18)19-15-12(17(24)27-3)9-21(6-7-22)16(15)23/h4-5,8,10,19,22H,6-7,9H2,1-3H3. The van der Waals surface area contributed by atoms with Crippen molar-refractivity contribution >= 4 is 49.0 Å². The van der Waals surface area contributed by atoms with Crippen molar-refractivity contribution in [2.75, 3.05) is 32.1 Å². The number of hydrogen-bond donors (Lipinski definition) is 2. The quantitative estimate of drug-likeness (QED) is 0.616. The molecule has 1 amide bonds. The van der Waals surface area contributed by atoms with E-state index < -0.39 is 27.0 Å². The van der Waals surface area contributed by atoms with Gasteiger partial charge in [-0.05, 0) is 32.0 Å². The van der Waals surface area contributed by atoms with Gasteiger partial charge in [-0.1, -0.05) is 0 Å². The zero-order valence-corrected chi connectivity index (χ0v) is 17.8. The summed E-state index contributed by atoms with van der Waals surface area (Å²) >= 11 is 1.05. The predicted molar refractivity (Wildman–Crippen MR) is 108 cm³/mol. The molecule has 11 heteroatoms. The molecule has 9 nitrogen and oxygen atoms in total. The largest absolute Gasteiger partial charge is 0.466 e. The monoisotopic (exact) mass is 439 g/mol. The number of carbonyl (C=O) groups excluding carboxylic acids is 2. The lowest BCUT2D eigenvalue weighted by molar-refractivity contribution is -0.136. The van der Waals surface area contributed by atoms with E-state index >= 15 is 0 Å². The highest BCUT2D eigenvalue weighted by atomic mass is 32.2. The van der Waals surface area contributed by atoms with Crippen LogP contribution in [0.2, 0.25) is 0 Å². The molecule has 1 aliphatic rings. The molecule has 0 saturated carbocycles. The van der Waals surface area contributed by atoms with E-state index in [0.717, 1.165) is 11.3 Å². The number of aromatic nitrogens is 1. The highest BCUT2D eigenvalue weighted by Gasteiger charge is 2.34. The van der Waals surface area contributed by atoms with E-state index in [4.69, 9.17) is 9.84 Å². The number of nitrogens with zero attached hydrogens (tertiary/aromatic N) is 2. The van der Waals surface area contributed by atoms with Gasteiger partial charge in [0.05, 0.1) is 41.3 Å². The second-order valence-electron chi connectivity index (χ2n) is 6.68. The van der Waals surface area contributed by atoms with Crippen molar-refractivity contribution in [2.24, 2.45) is 0 Å². The maximum Gasteiger partial charge on any atom is 0.337 e.